The van der Waals surface area contributed by atoms with Crippen molar-refractivity contribution in [3.8, 4) is 0 Å². The van der Waals surface area contributed by atoms with Gasteiger partial charge in [0, 0.05) is 60.2 Å². The zero-order chi connectivity index (χ0) is 54.7. The fourth-order valence-electron chi connectivity index (χ4n) is 20.2. The molecule has 12 aliphatic rings. The molecule has 15 heteroatoms. The van der Waals surface area contributed by atoms with Gasteiger partial charge in [-0.3, -0.25) is 14.4 Å². The van der Waals surface area contributed by atoms with Crippen LogP contribution in [0.25, 0.3) is 0 Å². The van der Waals surface area contributed by atoms with Crippen LogP contribution >= 0.6 is 0 Å². The first-order chi connectivity index (χ1) is 35.8. The number of ether oxygens (including phenoxy) is 6. The van der Waals surface area contributed by atoms with Crippen LogP contribution in [0.4, 0.5) is 0 Å². The van der Waals surface area contributed by atoms with Crippen LogP contribution < -0.4 is 0 Å². The number of esters is 3. The Hall–Kier alpha value is -2.47. The second-order valence-electron chi connectivity index (χ2n) is 27.9. The zero-order valence-electron chi connectivity index (χ0n) is 47.1. The average molecular weight is 1070 g/mol. The second kappa shape index (κ2) is 20.8. The number of rotatable bonds is 4. The van der Waals surface area contributed by atoms with Crippen LogP contribution in [0.15, 0.2) is 23.3 Å². The molecule has 8 saturated carbocycles. The number of aliphatic hydroxyl groups is 6. The first-order valence-electron chi connectivity index (χ1n) is 29.7. The number of carbonyl (C=O) groups is 3. The van der Waals surface area contributed by atoms with Crippen molar-refractivity contribution in [2.75, 3.05) is 19.8 Å². The third-order valence-corrected chi connectivity index (χ3v) is 24.4. The molecule has 0 amide bonds. The molecule has 15 nitrogen and oxygen atoms in total. The Kier molecular flexibility index (Phi) is 15.6. The summed E-state index contributed by atoms with van der Waals surface area (Å²) in [5.74, 6) is 2.68. The summed E-state index contributed by atoms with van der Waals surface area (Å²) < 4.78 is 34.0. The highest BCUT2D eigenvalue weighted by molar-refractivity contribution is 5.69. The summed E-state index contributed by atoms with van der Waals surface area (Å²) in [4.78, 5) is 34.9. The zero-order valence-corrected chi connectivity index (χ0v) is 47.1. The van der Waals surface area contributed by atoms with Crippen molar-refractivity contribution in [2.24, 2.45) is 91.7 Å². The fourth-order valence-corrected chi connectivity index (χ4v) is 20.2. The molecule has 428 valence electrons. The van der Waals surface area contributed by atoms with Crippen molar-refractivity contribution < 1.29 is 73.4 Å². The van der Waals surface area contributed by atoms with E-state index in [1.54, 1.807) is 6.08 Å². The highest BCUT2D eigenvalue weighted by Crippen LogP contribution is 2.68. The Bertz CT molecular complexity index is 2250. The molecule has 12 rings (SSSR count). The molecular formula is C61H94O15. The lowest BCUT2D eigenvalue weighted by molar-refractivity contribution is -0.245. The molecule has 76 heavy (non-hydrogen) atoms. The minimum absolute atomic E-state index is 0.0156. The molecule has 0 bridgehead atoms. The van der Waals surface area contributed by atoms with Crippen molar-refractivity contribution in [3.05, 3.63) is 23.3 Å². The lowest BCUT2D eigenvalue weighted by Crippen LogP contribution is -2.60. The van der Waals surface area contributed by atoms with Crippen LogP contribution in [0.3, 0.4) is 0 Å². The molecule has 10 unspecified atom stereocenters. The summed E-state index contributed by atoms with van der Waals surface area (Å²) in [5, 5.41) is 62.7. The first-order valence-corrected chi connectivity index (χ1v) is 29.7. The van der Waals surface area contributed by atoms with Gasteiger partial charge in [0.25, 0.3) is 0 Å². The van der Waals surface area contributed by atoms with Gasteiger partial charge in [0.2, 0.25) is 0 Å². The van der Waals surface area contributed by atoms with E-state index in [0.717, 1.165) is 94.6 Å². The monoisotopic (exact) mass is 1070 g/mol. The van der Waals surface area contributed by atoms with E-state index in [0.29, 0.717) is 86.9 Å². The predicted molar refractivity (Wildman–Crippen MR) is 279 cm³/mol. The van der Waals surface area contributed by atoms with E-state index in [9.17, 15) is 45.0 Å². The Labute approximate surface area is 451 Å². The maximum absolute atomic E-state index is 11.9. The standard InChI is InChI=1S/C21H32O5.C20H32O5.C20H30O5/c1-4-17(23)26-16-6-5-13-19-14(7-8-20(13,16)2)21(3)11-25-18(24)10-12(21)9-15(19)22;2*1-11(21)25-16-5-4-13-18-14(6-7-19(13,16)2)20(3)10-24-17(23)9-12(20)8-15(18)22/h9,13-16,18-19,22,24H,4-8,10-11H2,1-3H3;12-18,22-23H,4-10H2,1-3H3;9,13-18,22-23H,4-8,10H2,1-3H3/t13?,14?,15-,16-,18-,19?,20-,21-;12?,13?,14?,15-,16-,17-,18?,19-,20-;13?,14?,15-,16-,17-,18?,19-,20-/m000/s1. The molecule has 0 aromatic rings. The molecule has 0 radical (unpaired) electrons. The third-order valence-electron chi connectivity index (χ3n) is 24.4. The van der Waals surface area contributed by atoms with Gasteiger partial charge in [-0.25, -0.2) is 0 Å². The number of hydrogen-bond donors (Lipinski definition) is 6. The molecule has 25 atom stereocenters. The van der Waals surface area contributed by atoms with Crippen LogP contribution in [0.2, 0.25) is 0 Å². The quantitative estimate of drug-likeness (QED) is 0.0901. The molecule has 0 aromatic heterocycles. The van der Waals surface area contributed by atoms with E-state index < -0.39 is 31.1 Å². The largest absolute Gasteiger partial charge is 0.462 e. The van der Waals surface area contributed by atoms with Crippen molar-refractivity contribution >= 4 is 17.9 Å². The fraction of sp³-hybridized carbons (Fsp3) is 0.885. The first kappa shape index (κ1) is 56.8. The Balaban J connectivity index is 0.000000130. The molecule has 0 aromatic carbocycles. The van der Waals surface area contributed by atoms with E-state index in [1.807, 2.05) is 13.0 Å². The summed E-state index contributed by atoms with van der Waals surface area (Å²) in [6, 6.07) is 0. The Morgan fingerprint density at radius 3 is 1.53 bits per heavy atom. The van der Waals surface area contributed by atoms with Crippen molar-refractivity contribution in [2.45, 2.75) is 227 Å². The van der Waals surface area contributed by atoms with Crippen LogP contribution in [0.5, 0.6) is 0 Å². The summed E-state index contributed by atoms with van der Waals surface area (Å²) in [5.41, 5.74) is 2.01. The van der Waals surface area contributed by atoms with Gasteiger partial charge in [0.1, 0.15) is 18.3 Å². The van der Waals surface area contributed by atoms with Crippen molar-refractivity contribution in [1.29, 1.82) is 0 Å². The van der Waals surface area contributed by atoms with E-state index in [4.69, 9.17) is 28.4 Å². The average Bonchev–Trinajstić information content (AvgIpc) is 4.17. The number of aliphatic hydroxyl groups excluding tert-OH is 6. The smallest absolute Gasteiger partial charge is 0.305 e. The maximum atomic E-state index is 11.9. The van der Waals surface area contributed by atoms with Gasteiger partial charge in [0.05, 0.1) is 38.1 Å². The van der Waals surface area contributed by atoms with Gasteiger partial charge in [-0.05, 0) is 161 Å². The summed E-state index contributed by atoms with van der Waals surface area (Å²) >= 11 is 0. The predicted octanol–water partition coefficient (Wildman–Crippen LogP) is 7.69. The van der Waals surface area contributed by atoms with Gasteiger partial charge >= 0.3 is 17.9 Å². The summed E-state index contributed by atoms with van der Waals surface area (Å²) in [6.45, 7) is 20.0. The molecule has 10 fully saturated rings. The highest BCUT2D eigenvalue weighted by atomic mass is 16.6. The molecule has 2 saturated heterocycles. The number of hydrogen-bond acceptors (Lipinski definition) is 15. The normalized spacial score (nSPS) is 52.3. The van der Waals surface area contributed by atoms with E-state index in [-0.39, 0.29) is 92.6 Å². The van der Waals surface area contributed by atoms with Crippen molar-refractivity contribution in [3.63, 3.8) is 0 Å². The number of fused-ring (bicyclic) bond motifs is 15. The highest BCUT2D eigenvalue weighted by Gasteiger charge is 2.66. The van der Waals surface area contributed by atoms with Crippen LogP contribution in [0, 0.1) is 91.7 Å². The molecular weight excluding hydrogens is 973 g/mol. The Morgan fingerprint density at radius 2 is 0.974 bits per heavy atom. The van der Waals surface area contributed by atoms with Gasteiger partial charge in [0.15, 0.2) is 18.9 Å². The second-order valence-corrected chi connectivity index (χ2v) is 27.9. The molecule has 3 aliphatic heterocycles. The van der Waals surface area contributed by atoms with Gasteiger partial charge in [-0.1, -0.05) is 65.7 Å². The van der Waals surface area contributed by atoms with Gasteiger partial charge < -0.3 is 59.1 Å². The van der Waals surface area contributed by atoms with Crippen LogP contribution in [-0.4, -0.2) is 124 Å². The number of carbonyl (C=O) groups excluding carboxylic acids is 3. The minimum atomic E-state index is -0.847. The molecule has 6 N–H and O–H groups in total. The maximum Gasteiger partial charge on any atom is 0.305 e. The van der Waals surface area contributed by atoms with Gasteiger partial charge in [-0.15, -0.1) is 0 Å². The summed E-state index contributed by atoms with van der Waals surface area (Å²) in [6.07, 6.45) is 15.0. The lowest BCUT2D eigenvalue weighted by atomic mass is 9.46. The van der Waals surface area contributed by atoms with E-state index in [2.05, 4.69) is 41.5 Å². The topological polar surface area (TPSA) is 228 Å². The van der Waals surface area contributed by atoms with Gasteiger partial charge in [-0.2, -0.15) is 0 Å². The third kappa shape index (κ3) is 9.40. The van der Waals surface area contributed by atoms with Crippen LogP contribution in [-0.2, 0) is 42.8 Å². The molecule has 3 heterocycles. The SMILES string of the molecule is CC(=O)O[C@H]1CCC2C3C(CC[C@@]21C)[C@@]1(C)CO[C@H](O)C=C1C[C@@H]3O.CC(=O)O[C@H]1CCC2C3C(CC[C@@]21C)[C@@]1(C)CO[C@H](O)CC1C[C@@H]3O.CCC(=O)O[C@H]1CCC2C3C(CC[C@@]21C)[C@@]1(C)CO[C@H](O)CC1=C[C@@H]3O. The van der Waals surface area contributed by atoms with Crippen molar-refractivity contribution in [1.82, 2.24) is 0 Å². The summed E-state index contributed by atoms with van der Waals surface area (Å²) in [7, 11) is 0. The minimum Gasteiger partial charge on any atom is -0.462 e. The van der Waals surface area contributed by atoms with E-state index in [1.165, 1.54) is 13.8 Å². The molecule has 9 aliphatic carbocycles. The van der Waals surface area contributed by atoms with Crippen LogP contribution in [0.1, 0.15) is 171 Å². The Morgan fingerprint density at radius 1 is 0.513 bits per heavy atom. The van der Waals surface area contributed by atoms with E-state index >= 15 is 0 Å². The molecule has 0 spiro atoms. The lowest BCUT2D eigenvalue weighted by Gasteiger charge is -2.61.